The molecule has 0 radical (unpaired) electrons. The fourth-order valence-electron chi connectivity index (χ4n) is 3.75. The number of hydrogen-bond donors (Lipinski definition) is 0. The minimum absolute atomic E-state index is 0.756. The van der Waals surface area contributed by atoms with E-state index in [1.54, 1.807) is 6.42 Å². The van der Waals surface area contributed by atoms with Gasteiger partial charge in [0.05, 0.1) is 0 Å². The van der Waals surface area contributed by atoms with Crippen LogP contribution in [0.15, 0.2) is 0 Å². The normalized spacial score (nSPS) is 24.5. The van der Waals surface area contributed by atoms with Gasteiger partial charge in [0.2, 0.25) is 0 Å². The molecule has 0 nitrogen and oxygen atoms in total. The van der Waals surface area contributed by atoms with Gasteiger partial charge in [-0.1, -0.05) is 46.5 Å². The van der Waals surface area contributed by atoms with Crippen LogP contribution in [-0.2, 0) is 0 Å². The Bertz CT molecular complexity index is 176. The van der Waals surface area contributed by atoms with E-state index in [2.05, 4.69) is 20.8 Å². The van der Waals surface area contributed by atoms with E-state index < -0.39 is 0 Å². The highest BCUT2D eigenvalue weighted by Gasteiger charge is 2.34. The van der Waals surface area contributed by atoms with Crippen LogP contribution in [0.3, 0.4) is 0 Å². The Hall–Kier alpha value is 0.430. The maximum absolute atomic E-state index is 2.38. The van der Waals surface area contributed by atoms with Crippen molar-refractivity contribution in [3.63, 3.8) is 0 Å². The zero-order valence-electron chi connectivity index (χ0n) is 12.4. The molecule has 102 valence electrons. The largest absolute Gasteiger partial charge is 0.119 e. The third-order valence-corrected chi connectivity index (χ3v) is 6.18. The van der Waals surface area contributed by atoms with Crippen molar-refractivity contribution >= 4 is 8.58 Å². The van der Waals surface area contributed by atoms with Crippen LogP contribution in [0, 0.1) is 5.41 Å². The number of unbranched alkanes of at least 4 members (excludes halogenated alkanes) is 1. The zero-order chi connectivity index (χ0) is 12.6. The SMILES string of the molecule is CCCCPC1CCCC(CCC)(CCC)C1. The average Bonchev–Trinajstić information content (AvgIpc) is 2.30. The van der Waals surface area contributed by atoms with Gasteiger partial charge in [-0.2, -0.15) is 0 Å². The van der Waals surface area contributed by atoms with Crippen LogP contribution >= 0.6 is 8.58 Å². The maximum atomic E-state index is 2.38. The first-order valence-electron chi connectivity index (χ1n) is 7.99. The summed E-state index contributed by atoms with van der Waals surface area (Å²) < 4.78 is 0. The Labute approximate surface area is 111 Å². The van der Waals surface area contributed by atoms with Crippen LogP contribution < -0.4 is 0 Å². The minimum atomic E-state index is 0.756. The van der Waals surface area contributed by atoms with E-state index in [-0.39, 0.29) is 0 Å². The molecular weight excluding hydrogens is 223 g/mol. The van der Waals surface area contributed by atoms with Gasteiger partial charge < -0.3 is 0 Å². The van der Waals surface area contributed by atoms with Crippen molar-refractivity contribution in [2.45, 2.75) is 90.6 Å². The zero-order valence-corrected chi connectivity index (χ0v) is 13.4. The summed E-state index contributed by atoms with van der Waals surface area (Å²) in [7, 11) is 1.26. The van der Waals surface area contributed by atoms with Gasteiger partial charge in [0, 0.05) is 0 Å². The van der Waals surface area contributed by atoms with E-state index in [0.717, 1.165) is 11.1 Å². The minimum Gasteiger partial charge on any atom is -0.119 e. The standard InChI is InChI=1S/C16H33P/c1-4-7-13-17-15-9-8-12-16(14-15,10-5-2)11-6-3/h15,17H,4-14H2,1-3H3. The second kappa shape index (κ2) is 8.52. The molecule has 1 aliphatic rings. The molecule has 2 unspecified atom stereocenters. The first-order chi connectivity index (χ1) is 8.26. The summed E-state index contributed by atoms with van der Waals surface area (Å²) in [5.41, 5.74) is 1.85. The molecule has 0 aromatic carbocycles. The summed E-state index contributed by atoms with van der Waals surface area (Å²) in [5.74, 6) is 0. The molecule has 1 fully saturated rings. The fraction of sp³-hybridized carbons (Fsp3) is 1.00. The molecule has 1 rings (SSSR count). The van der Waals surface area contributed by atoms with Gasteiger partial charge in [0.15, 0.2) is 0 Å². The maximum Gasteiger partial charge on any atom is -0.0231 e. The van der Waals surface area contributed by atoms with Crippen molar-refractivity contribution in [1.29, 1.82) is 0 Å². The third kappa shape index (κ3) is 5.29. The lowest BCUT2D eigenvalue weighted by molar-refractivity contribution is 0.158. The smallest absolute Gasteiger partial charge is 0.0231 e. The Kier molecular flexibility index (Phi) is 7.76. The molecule has 0 aromatic heterocycles. The predicted molar refractivity (Wildman–Crippen MR) is 82.6 cm³/mol. The highest BCUT2D eigenvalue weighted by atomic mass is 31.1. The first kappa shape index (κ1) is 15.5. The Morgan fingerprint density at radius 1 is 1.06 bits per heavy atom. The van der Waals surface area contributed by atoms with Gasteiger partial charge in [-0.15, -0.1) is 8.58 Å². The van der Waals surface area contributed by atoms with Gasteiger partial charge in [-0.3, -0.25) is 0 Å². The van der Waals surface area contributed by atoms with Crippen LogP contribution in [0.5, 0.6) is 0 Å². The molecule has 1 saturated carbocycles. The molecule has 1 aliphatic carbocycles. The summed E-state index contributed by atoms with van der Waals surface area (Å²) in [4.78, 5) is 0. The quantitative estimate of drug-likeness (QED) is 0.369. The Morgan fingerprint density at radius 3 is 2.35 bits per heavy atom. The lowest BCUT2D eigenvalue weighted by atomic mass is 9.68. The van der Waals surface area contributed by atoms with E-state index in [4.69, 9.17) is 0 Å². The van der Waals surface area contributed by atoms with Crippen molar-refractivity contribution in [3.8, 4) is 0 Å². The van der Waals surface area contributed by atoms with Gasteiger partial charge in [-0.05, 0) is 55.8 Å². The highest BCUT2D eigenvalue weighted by Crippen LogP contribution is 2.48. The molecule has 0 spiro atoms. The van der Waals surface area contributed by atoms with Gasteiger partial charge >= 0.3 is 0 Å². The number of hydrogen-bond acceptors (Lipinski definition) is 0. The van der Waals surface area contributed by atoms with Crippen molar-refractivity contribution in [2.24, 2.45) is 5.41 Å². The summed E-state index contributed by atoms with van der Waals surface area (Å²) in [6.07, 6.45) is 16.3. The van der Waals surface area contributed by atoms with Crippen LogP contribution in [0.1, 0.15) is 85.0 Å². The summed E-state index contributed by atoms with van der Waals surface area (Å²) >= 11 is 0. The summed E-state index contributed by atoms with van der Waals surface area (Å²) in [6, 6.07) is 0. The molecule has 0 bridgehead atoms. The van der Waals surface area contributed by atoms with E-state index in [1.807, 2.05) is 0 Å². The Morgan fingerprint density at radius 2 is 1.76 bits per heavy atom. The third-order valence-electron chi connectivity index (χ3n) is 4.46. The average molecular weight is 256 g/mol. The summed E-state index contributed by atoms with van der Waals surface area (Å²) in [5, 5.41) is 0. The van der Waals surface area contributed by atoms with Crippen molar-refractivity contribution in [1.82, 2.24) is 0 Å². The molecule has 0 aliphatic heterocycles. The lowest BCUT2D eigenvalue weighted by Gasteiger charge is -2.41. The lowest BCUT2D eigenvalue weighted by Crippen LogP contribution is -2.29. The van der Waals surface area contributed by atoms with Gasteiger partial charge in [0.1, 0.15) is 0 Å². The molecule has 2 atom stereocenters. The van der Waals surface area contributed by atoms with E-state index in [0.29, 0.717) is 0 Å². The molecule has 0 saturated heterocycles. The topological polar surface area (TPSA) is 0 Å². The molecule has 17 heavy (non-hydrogen) atoms. The van der Waals surface area contributed by atoms with Gasteiger partial charge in [-0.25, -0.2) is 0 Å². The first-order valence-corrected chi connectivity index (χ1v) is 9.28. The van der Waals surface area contributed by atoms with Crippen LogP contribution in [0.4, 0.5) is 0 Å². The molecular formula is C16H33P. The van der Waals surface area contributed by atoms with E-state index >= 15 is 0 Å². The van der Waals surface area contributed by atoms with E-state index in [9.17, 15) is 0 Å². The van der Waals surface area contributed by atoms with Crippen molar-refractivity contribution in [2.75, 3.05) is 6.16 Å². The van der Waals surface area contributed by atoms with Crippen LogP contribution in [-0.4, -0.2) is 11.8 Å². The molecule has 0 amide bonds. The van der Waals surface area contributed by atoms with Crippen molar-refractivity contribution in [3.05, 3.63) is 0 Å². The van der Waals surface area contributed by atoms with Gasteiger partial charge in [0.25, 0.3) is 0 Å². The molecule has 0 N–H and O–H groups in total. The highest BCUT2D eigenvalue weighted by molar-refractivity contribution is 7.38. The Balaban J connectivity index is 2.43. The molecule has 0 heterocycles. The predicted octanol–water partition coefficient (Wildman–Crippen LogP) is 5.99. The molecule has 0 aromatic rings. The monoisotopic (exact) mass is 256 g/mol. The fourth-order valence-corrected chi connectivity index (χ4v) is 5.70. The second-order valence-electron chi connectivity index (χ2n) is 6.10. The van der Waals surface area contributed by atoms with Crippen molar-refractivity contribution < 1.29 is 0 Å². The molecule has 1 heteroatoms. The van der Waals surface area contributed by atoms with Crippen LogP contribution in [0.25, 0.3) is 0 Å². The second-order valence-corrected chi connectivity index (χ2v) is 7.83. The summed E-state index contributed by atoms with van der Waals surface area (Å²) in [6.45, 7) is 7.07. The number of rotatable bonds is 8. The van der Waals surface area contributed by atoms with E-state index in [1.165, 1.54) is 72.5 Å². The van der Waals surface area contributed by atoms with Crippen LogP contribution in [0.2, 0.25) is 0 Å².